The normalized spacial score (nSPS) is 12.8. The number of ether oxygens (including phenoxy) is 1. The van der Waals surface area contributed by atoms with Crippen LogP contribution in [0.15, 0.2) is 51.9 Å². The van der Waals surface area contributed by atoms with Gasteiger partial charge in [-0.3, -0.25) is 9.79 Å². The Kier molecular flexibility index (Phi) is 10.8. The summed E-state index contributed by atoms with van der Waals surface area (Å²) < 4.78 is 11.7. The predicted octanol–water partition coefficient (Wildman–Crippen LogP) is 6.20. The van der Waals surface area contributed by atoms with Crippen molar-refractivity contribution in [1.82, 2.24) is 15.6 Å². The lowest BCUT2D eigenvalue weighted by molar-refractivity contribution is -0.124. The third kappa shape index (κ3) is 7.91. The first-order valence-electron chi connectivity index (χ1n) is 14.3. The second-order valence-electron chi connectivity index (χ2n) is 11.6. The molecule has 0 spiro atoms. The first kappa shape index (κ1) is 32.7. The molecule has 1 aliphatic heterocycles. The van der Waals surface area contributed by atoms with Gasteiger partial charge in [0.2, 0.25) is 5.91 Å². The Morgan fingerprint density at radius 2 is 1.79 bits per heavy atom. The van der Waals surface area contributed by atoms with Gasteiger partial charge in [-0.2, -0.15) is 0 Å². The van der Waals surface area contributed by atoms with Crippen LogP contribution in [-0.4, -0.2) is 48.3 Å². The molecule has 0 unspecified atom stereocenters. The molecule has 2 aromatic rings. The summed E-state index contributed by atoms with van der Waals surface area (Å²) in [6.07, 6.45) is 0.0823. The van der Waals surface area contributed by atoms with E-state index in [9.17, 15) is 9.59 Å². The van der Waals surface area contributed by atoms with Crippen molar-refractivity contribution in [2.75, 3.05) is 25.0 Å². The predicted molar refractivity (Wildman–Crippen MR) is 170 cm³/mol. The maximum Gasteiger partial charge on any atom is 0.408 e. The van der Waals surface area contributed by atoms with E-state index >= 15 is 0 Å². The highest BCUT2D eigenvalue weighted by atomic mass is 35.5. The average molecular weight is 596 g/mol. The van der Waals surface area contributed by atoms with Gasteiger partial charge in [0.15, 0.2) is 11.3 Å². The van der Waals surface area contributed by atoms with Crippen molar-refractivity contribution in [3.8, 4) is 11.5 Å². The summed E-state index contributed by atoms with van der Waals surface area (Å²) in [5.74, 6) is 0.371. The van der Waals surface area contributed by atoms with Gasteiger partial charge in [0.1, 0.15) is 22.9 Å². The molecule has 0 saturated carbocycles. The highest BCUT2D eigenvalue weighted by molar-refractivity contribution is 6.10. The van der Waals surface area contributed by atoms with Gasteiger partial charge in [-0.05, 0) is 58.6 Å². The van der Waals surface area contributed by atoms with Gasteiger partial charge >= 0.3 is 6.09 Å². The summed E-state index contributed by atoms with van der Waals surface area (Å²) in [4.78, 5) is 34.5. The topological polar surface area (TPSA) is 118 Å². The molecule has 9 nitrogen and oxygen atoms in total. The zero-order chi connectivity index (χ0) is 29.7. The van der Waals surface area contributed by atoms with Crippen LogP contribution in [0.3, 0.4) is 0 Å². The molecule has 0 radical (unpaired) electrons. The molecular weight excluding hydrogens is 554 g/mol. The summed E-state index contributed by atoms with van der Waals surface area (Å²) in [5.41, 5.74) is 3.66. The number of aryl methyl sites for hydroxylation is 1. The van der Waals surface area contributed by atoms with E-state index in [1.165, 1.54) is 0 Å². The quantitative estimate of drug-likeness (QED) is 0.120. The van der Waals surface area contributed by atoms with Crippen LogP contribution in [0.4, 0.5) is 10.5 Å². The summed E-state index contributed by atoms with van der Waals surface area (Å²) >= 11 is 0. The van der Waals surface area contributed by atoms with Crippen LogP contribution in [0, 0.1) is 12.8 Å². The molecule has 4 rings (SSSR count). The third-order valence-electron chi connectivity index (χ3n) is 6.63. The zero-order valence-corrected chi connectivity index (χ0v) is 26.3. The van der Waals surface area contributed by atoms with E-state index in [2.05, 4.69) is 33.1 Å². The molecule has 2 aromatic carbocycles. The summed E-state index contributed by atoms with van der Waals surface area (Å²) in [6.45, 7) is 15.0. The molecule has 0 aromatic heterocycles. The second-order valence-corrected chi connectivity index (χ2v) is 11.6. The molecule has 1 heterocycles. The van der Waals surface area contributed by atoms with Crippen LogP contribution in [0.5, 0.6) is 0 Å². The van der Waals surface area contributed by atoms with Crippen LogP contribution in [0.2, 0.25) is 0 Å². The van der Waals surface area contributed by atoms with Crippen LogP contribution >= 0.6 is 12.4 Å². The number of nitrogens with zero attached hydrogens (tertiary/aromatic N) is 2. The molecule has 0 bridgehead atoms. The number of carbonyl (C=O) groups excluding carboxylic acids is 2. The van der Waals surface area contributed by atoms with Crippen molar-refractivity contribution in [3.63, 3.8) is 0 Å². The van der Waals surface area contributed by atoms with Crippen LogP contribution in [0.25, 0.3) is 33.3 Å². The lowest BCUT2D eigenvalue weighted by Crippen LogP contribution is -2.51. The largest absolute Gasteiger partial charge is 0.453 e. The van der Waals surface area contributed by atoms with Crippen molar-refractivity contribution < 1.29 is 18.7 Å². The van der Waals surface area contributed by atoms with E-state index in [1.807, 2.05) is 58.0 Å². The molecule has 1 aliphatic carbocycles. The van der Waals surface area contributed by atoms with Gasteiger partial charge in [0.05, 0.1) is 5.36 Å². The summed E-state index contributed by atoms with van der Waals surface area (Å²) in [6, 6.07) is 13.4. The van der Waals surface area contributed by atoms with Gasteiger partial charge in [-0.15, -0.1) is 12.4 Å². The number of fused-ring (bicyclic) bond motifs is 4. The minimum absolute atomic E-state index is 0. The number of rotatable bonds is 9. The lowest BCUT2D eigenvalue weighted by atomic mass is 10.0. The van der Waals surface area contributed by atoms with Gasteiger partial charge in [0, 0.05) is 48.2 Å². The molecule has 1 atom stereocenters. The Hall–Kier alpha value is -3.85. The Bertz CT molecular complexity index is 1590. The minimum atomic E-state index is -0.680. The fraction of sp³-hybridized carbons (Fsp3) is 0.438. The van der Waals surface area contributed by atoms with Crippen LogP contribution in [0.1, 0.15) is 53.5 Å². The Balaban J connectivity index is 0.00000484. The van der Waals surface area contributed by atoms with Crippen molar-refractivity contribution >= 4 is 52.0 Å². The summed E-state index contributed by atoms with van der Waals surface area (Å²) in [7, 11) is 0. The Morgan fingerprint density at radius 3 is 2.45 bits per heavy atom. The van der Waals surface area contributed by atoms with Crippen molar-refractivity contribution in [2.45, 2.75) is 66.5 Å². The van der Waals surface area contributed by atoms with Gasteiger partial charge in [0.25, 0.3) is 0 Å². The maximum absolute atomic E-state index is 12.8. The van der Waals surface area contributed by atoms with Crippen LogP contribution < -0.4 is 21.3 Å². The highest BCUT2D eigenvalue weighted by Gasteiger charge is 2.26. The van der Waals surface area contributed by atoms with Crippen molar-refractivity contribution in [2.24, 2.45) is 10.9 Å². The number of carbonyl (C=O) groups is 2. The number of hydrogen-bond acceptors (Lipinski definition) is 7. The van der Waals surface area contributed by atoms with E-state index in [0.29, 0.717) is 37.4 Å². The van der Waals surface area contributed by atoms with E-state index in [0.717, 1.165) is 38.6 Å². The van der Waals surface area contributed by atoms with E-state index < -0.39 is 17.7 Å². The number of alkyl carbamates (subject to hydrolysis) is 1. The molecular formula is C32H42ClN5O4. The minimum Gasteiger partial charge on any atom is -0.453 e. The number of halogens is 1. The Labute approximate surface area is 253 Å². The van der Waals surface area contributed by atoms with Gasteiger partial charge < -0.3 is 25.1 Å². The number of anilines is 1. The molecule has 2 aliphatic rings. The molecule has 226 valence electrons. The molecule has 2 amide bonds. The van der Waals surface area contributed by atoms with E-state index in [-0.39, 0.29) is 24.2 Å². The Morgan fingerprint density at radius 1 is 1.07 bits per heavy atom. The number of aromatic nitrogens is 1. The van der Waals surface area contributed by atoms with E-state index in [1.54, 1.807) is 20.8 Å². The van der Waals surface area contributed by atoms with Gasteiger partial charge in [-0.1, -0.05) is 38.1 Å². The molecule has 3 N–H and O–H groups in total. The molecule has 10 heteroatoms. The van der Waals surface area contributed by atoms with Gasteiger partial charge in [-0.25, -0.2) is 9.78 Å². The fourth-order valence-electron chi connectivity index (χ4n) is 4.69. The monoisotopic (exact) mass is 595 g/mol. The third-order valence-corrected chi connectivity index (χ3v) is 6.63. The van der Waals surface area contributed by atoms with E-state index in [4.69, 9.17) is 14.1 Å². The first-order valence-corrected chi connectivity index (χ1v) is 14.3. The zero-order valence-electron chi connectivity index (χ0n) is 25.5. The summed E-state index contributed by atoms with van der Waals surface area (Å²) in [5, 5.41) is 12.1. The SMILES string of the molecule is CCN=c1cc2oc3cc(NCCCNC(=O)[C@@H](NC(=O)OC(C)(C)C)C(C)C)c4ccccc4c3nc-2cc1C.Cl. The smallest absolute Gasteiger partial charge is 0.408 e. The molecule has 42 heavy (non-hydrogen) atoms. The van der Waals surface area contributed by atoms with Crippen molar-refractivity contribution in [1.29, 1.82) is 0 Å². The number of hydrogen-bond donors (Lipinski definition) is 3. The number of benzene rings is 3. The number of amides is 2. The van der Waals surface area contributed by atoms with Crippen molar-refractivity contribution in [3.05, 3.63) is 53.4 Å². The van der Waals surface area contributed by atoms with Crippen LogP contribution in [-0.2, 0) is 9.53 Å². The lowest BCUT2D eigenvalue weighted by Gasteiger charge is -2.25. The molecule has 0 saturated heterocycles. The maximum atomic E-state index is 12.8. The average Bonchev–Trinajstić information content (AvgIpc) is 2.90. The highest BCUT2D eigenvalue weighted by Crippen LogP contribution is 2.34. The first-order chi connectivity index (χ1) is 19.5. The fourth-order valence-corrected chi connectivity index (χ4v) is 4.69. The standard InChI is InChI=1S/C32H41N5O4.ClH/c1-8-33-23-17-26-25(16-20(23)4)36-29-22-13-10-9-12-21(22)24(18-27(29)40-26)34-14-11-15-35-30(38)28(19(2)3)37-31(39)41-32(5,6)7;/h9-10,12-13,16-19,28,34H,8,11,14-15H2,1-7H3,(H,35,38)(H,37,39);1H/t28-;/m0./s1. The number of nitrogens with one attached hydrogen (secondary N) is 3. The molecule has 0 fully saturated rings. The second kappa shape index (κ2) is 13.9.